The predicted molar refractivity (Wildman–Crippen MR) is 131 cm³/mol. The maximum Gasteiger partial charge on any atom is 0.191 e. The van der Waals surface area contributed by atoms with Crippen molar-refractivity contribution < 1.29 is 0 Å². The first-order chi connectivity index (χ1) is 13.4. The highest BCUT2D eigenvalue weighted by Crippen LogP contribution is 2.17. The van der Waals surface area contributed by atoms with Crippen LogP contribution in [-0.4, -0.2) is 75.9 Å². The summed E-state index contributed by atoms with van der Waals surface area (Å²) in [6.07, 6.45) is 4.41. The second kappa shape index (κ2) is 12.8. The van der Waals surface area contributed by atoms with Crippen LogP contribution in [0.2, 0.25) is 0 Å². The Balaban J connectivity index is 0.00000420. The van der Waals surface area contributed by atoms with Crippen LogP contribution in [0.1, 0.15) is 34.1 Å². The normalized spacial score (nSPS) is 12.0. The van der Waals surface area contributed by atoms with E-state index in [-0.39, 0.29) is 24.0 Å². The van der Waals surface area contributed by atoms with E-state index >= 15 is 0 Å². The lowest BCUT2D eigenvalue weighted by molar-refractivity contribution is 0.173. The van der Waals surface area contributed by atoms with Crippen molar-refractivity contribution in [2.24, 2.45) is 12.0 Å². The topological polar surface area (TPSA) is 95.3 Å². The zero-order valence-corrected chi connectivity index (χ0v) is 20.8. The van der Waals surface area contributed by atoms with Crippen LogP contribution in [0.3, 0.4) is 0 Å². The standard InChI is InChI=1S/C19H35N9.HI/c1-14(2)28(15(3)4)11-7-8-22-19(20-5)23-10-9-21-17-16-12-26-27(6)18(16)25-13-24-17;/h12-15H,7-11H2,1-6H3,(H2,20,22,23)(H,21,24,25);1H. The molecule has 0 aliphatic heterocycles. The Morgan fingerprint density at radius 3 is 2.45 bits per heavy atom. The maximum absolute atomic E-state index is 4.31. The van der Waals surface area contributed by atoms with Gasteiger partial charge < -0.3 is 16.0 Å². The number of hydrogen-bond donors (Lipinski definition) is 3. The van der Waals surface area contributed by atoms with Gasteiger partial charge in [0.1, 0.15) is 12.1 Å². The third-order valence-corrected chi connectivity index (χ3v) is 4.68. The molecule has 0 atom stereocenters. The summed E-state index contributed by atoms with van der Waals surface area (Å²) < 4.78 is 1.74. The lowest BCUT2D eigenvalue weighted by Gasteiger charge is -2.30. The molecule has 2 rings (SSSR count). The Labute approximate surface area is 191 Å². The van der Waals surface area contributed by atoms with Crippen molar-refractivity contribution in [3.8, 4) is 0 Å². The van der Waals surface area contributed by atoms with E-state index in [1.807, 2.05) is 7.05 Å². The summed E-state index contributed by atoms with van der Waals surface area (Å²) in [5, 5.41) is 15.2. The molecule has 0 bridgehead atoms. The minimum Gasteiger partial charge on any atom is -0.368 e. The molecule has 10 heteroatoms. The average molecular weight is 517 g/mol. The van der Waals surface area contributed by atoms with Crippen molar-refractivity contribution >= 4 is 46.8 Å². The first kappa shape index (κ1) is 25.3. The van der Waals surface area contributed by atoms with Crippen molar-refractivity contribution in [2.45, 2.75) is 46.2 Å². The molecule has 2 heterocycles. The van der Waals surface area contributed by atoms with Crippen LogP contribution in [0.5, 0.6) is 0 Å². The molecule has 0 unspecified atom stereocenters. The lowest BCUT2D eigenvalue weighted by atomic mass is 10.2. The Kier molecular flexibility index (Phi) is 11.2. The van der Waals surface area contributed by atoms with Crippen LogP contribution in [0.25, 0.3) is 11.0 Å². The summed E-state index contributed by atoms with van der Waals surface area (Å²) in [6.45, 7) is 12.4. The Hall–Kier alpha value is -1.69. The zero-order chi connectivity index (χ0) is 20.5. The fourth-order valence-electron chi connectivity index (χ4n) is 3.27. The molecule has 164 valence electrons. The largest absolute Gasteiger partial charge is 0.368 e. The summed E-state index contributed by atoms with van der Waals surface area (Å²) in [6, 6.07) is 1.13. The van der Waals surface area contributed by atoms with E-state index in [4.69, 9.17) is 0 Å². The van der Waals surface area contributed by atoms with Gasteiger partial charge >= 0.3 is 0 Å². The molecule has 0 aromatic carbocycles. The molecule has 0 amide bonds. The molecule has 0 radical (unpaired) electrons. The fourth-order valence-corrected chi connectivity index (χ4v) is 3.27. The van der Waals surface area contributed by atoms with Gasteiger partial charge in [-0.05, 0) is 34.1 Å². The van der Waals surface area contributed by atoms with E-state index in [1.54, 1.807) is 24.3 Å². The Morgan fingerprint density at radius 1 is 1.10 bits per heavy atom. The van der Waals surface area contributed by atoms with E-state index in [2.05, 4.69) is 68.6 Å². The van der Waals surface area contributed by atoms with E-state index in [0.717, 1.165) is 55.4 Å². The average Bonchev–Trinajstić information content (AvgIpc) is 3.04. The van der Waals surface area contributed by atoms with Gasteiger partial charge in [0, 0.05) is 52.4 Å². The van der Waals surface area contributed by atoms with Gasteiger partial charge in [-0.15, -0.1) is 24.0 Å². The number of aromatic nitrogens is 4. The van der Waals surface area contributed by atoms with Crippen LogP contribution in [0.4, 0.5) is 5.82 Å². The summed E-state index contributed by atoms with van der Waals surface area (Å²) in [4.78, 5) is 15.3. The molecule has 2 aromatic rings. The van der Waals surface area contributed by atoms with Crippen LogP contribution in [0.15, 0.2) is 17.5 Å². The minimum absolute atomic E-state index is 0. The monoisotopic (exact) mass is 517 g/mol. The van der Waals surface area contributed by atoms with Crippen molar-refractivity contribution in [2.75, 3.05) is 38.5 Å². The highest BCUT2D eigenvalue weighted by molar-refractivity contribution is 14.0. The van der Waals surface area contributed by atoms with E-state index < -0.39 is 0 Å². The molecule has 0 saturated heterocycles. The lowest BCUT2D eigenvalue weighted by Crippen LogP contribution is -2.42. The second-order valence-corrected chi connectivity index (χ2v) is 7.36. The number of aryl methyl sites for hydroxylation is 1. The number of aliphatic imine (C=N–C) groups is 1. The number of anilines is 1. The molecule has 0 saturated carbocycles. The molecule has 29 heavy (non-hydrogen) atoms. The Morgan fingerprint density at radius 2 is 1.79 bits per heavy atom. The van der Waals surface area contributed by atoms with Crippen LogP contribution in [0, 0.1) is 0 Å². The number of hydrogen-bond acceptors (Lipinski definition) is 6. The molecule has 2 aromatic heterocycles. The van der Waals surface area contributed by atoms with Gasteiger partial charge in [0.15, 0.2) is 11.6 Å². The first-order valence-electron chi connectivity index (χ1n) is 10.0. The zero-order valence-electron chi connectivity index (χ0n) is 18.4. The number of fused-ring (bicyclic) bond motifs is 1. The highest BCUT2D eigenvalue weighted by atomic mass is 127. The van der Waals surface area contributed by atoms with Gasteiger partial charge in [-0.3, -0.25) is 14.6 Å². The van der Waals surface area contributed by atoms with Crippen molar-refractivity contribution in [1.29, 1.82) is 0 Å². The SMILES string of the molecule is CN=C(NCCCN(C(C)C)C(C)C)NCCNc1ncnc2c1cnn2C.I. The van der Waals surface area contributed by atoms with Crippen LogP contribution >= 0.6 is 24.0 Å². The minimum atomic E-state index is 0. The number of halogens is 1. The third kappa shape index (κ3) is 7.57. The highest BCUT2D eigenvalue weighted by Gasteiger charge is 2.12. The summed E-state index contributed by atoms with van der Waals surface area (Å²) in [5.41, 5.74) is 0.819. The number of rotatable bonds is 10. The molecule has 0 spiro atoms. The smallest absolute Gasteiger partial charge is 0.191 e. The van der Waals surface area contributed by atoms with Gasteiger partial charge in [0.05, 0.1) is 11.6 Å². The van der Waals surface area contributed by atoms with Gasteiger partial charge in [0.25, 0.3) is 0 Å². The van der Waals surface area contributed by atoms with Crippen molar-refractivity contribution in [3.05, 3.63) is 12.5 Å². The first-order valence-corrected chi connectivity index (χ1v) is 10.0. The molecule has 0 fully saturated rings. The van der Waals surface area contributed by atoms with Crippen LogP contribution in [-0.2, 0) is 7.05 Å². The molecular formula is C19H36IN9. The van der Waals surface area contributed by atoms with Crippen molar-refractivity contribution in [3.63, 3.8) is 0 Å². The van der Waals surface area contributed by atoms with Gasteiger partial charge in [-0.25, -0.2) is 9.97 Å². The molecule has 0 aliphatic rings. The predicted octanol–water partition coefficient (Wildman–Crippen LogP) is 2.07. The molecular weight excluding hydrogens is 481 g/mol. The molecule has 0 aliphatic carbocycles. The fraction of sp³-hybridized carbons (Fsp3) is 0.684. The quantitative estimate of drug-likeness (QED) is 0.192. The number of nitrogens with one attached hydrogen (secondary N) is 3. The number of guanidine groups is 1. The van der Waals surface area contributed by atoms with Gasteiger partial charge in [0.2, 0.25) is 0 Å². The van der Waals surface area contributed by atoms with Crippen molar-refractivity contribution in [1.82, 2.24) is 35.3 Å². The van der Waals surface area contributed by atoms with E-state index in [1.165, 1.54) is 0 Å². The maximum atomic E-state index is 4.31. The Bertz CT molecular complexity index is 749. The summed E-state index contributed by atoms with van der Waals surface area (Å²) >= 11 is 0. The van der Waals surface area contributed by atoms with Crippen LogP contribution < -0.4 is 16.0 Å². The van der Waals surface area contributed by atoms with E-state index in [0.29, 0.717) is 12.1 Å². The summed E-state index contributed by atoms with van der Waals surface area (Å²) in [5.74, 6) is 1.61. The molecule has 9 nitrogen and oxygen atoms in total. The van der Waals surface area contributed by atoms with Gasteiger partial charge in [-0.1, -0.05) is 0 Å². The summed E-state index contributed by atoms with van der Waals surface area (Å²) in [7, 11) is 3.67. The molecule has 3 N–H and O–H groups in total. The third-order valence-electron chi connectivity index (χ3n) is 4.68. The van der Waals surface area contributed by atoms with E-state index in [9.17, 15) is 0 Å². The number of nitrogens with zero attached hydrogens (tertiary/aromatic N) is 6. The second-order valence-electron chi connectivity index (χ2n) is 7.36. The van der Waals surface area contributed by atoms with Gasteiger partial charge in [-0.2, -0.15) is 5.10 Å².